The predicted octanol–water partition coefficient (Wildman–Crippen LogP) is 2.33. The van der Waals surface area contributed by atoms with Crippen molar-refractivity contribution >= 4 is 11.9 Å². The van der Waals surface area contributed by atoms with Crippen molar-refractivity contribution in [2.75, 3.05) is 6.61 Å². The van der Waals surface area contributed by atoms with Gasteiger partial charge in [-0.2, -0.15) is 5.10 Å². The van der Waals surface area contributed by atoms with E-state index in [1.54, 1.807) is 17.9 Å². The fraction of sp³-hybridized carbons (Fsp3) is 0.421. The minimum Gasteiger partial charge on any atom is -0.452 e. The fourth-order valence-corrected chi connectivity index (χ4v) is 3.31. The zero-order valence-electron chi connectivity index (χ0n) is 14.6. The Kier molecular flexibility index (Phi) is 5.16. The summed E-state index contributed by atoms with van der Waals surface area (Å²) >= 11 is 0. The smallest absolute Gasteiger partial charge is 0.342 e. The standard InChI is InChI=1S/C19H23N3O3/c1-3-16-15(11-22(2)21-16)19(24)25-12-18(23)20-17-10-6-8-13-7-4-5-9-14(13)17/h4-5,7,9,11,17H,3,6,8,10,12H2,1-2H3,(H,20,23)/t17-/m0/s1. The summed E-state index contributed by atoms with van der Waals surface area (Å²) in [4.78, 5) is 24.4. The third-order valence-electron chi connectivity index (χ3n) is 4.50. The molecule has 1 aromatic carbocycles. The molecule has 0 fully saturated rings. The summed E-state index contributed by atoms with van der Waals surface area (Å²) in [6, 6.07) is 8.14. The molecule has 1 aromatic heterocycles. The minimum atomic E-state index is -0.510. The van der Waals surface area contributed by atoms with Crippen molar-refractivity contribution in [3.63, 3.8) is 0 Å². The molecular formula is C19H23N3O3. The van der Waals surface area contributed by atoms with E-state index in [4.69, 9.17) is 4.74 Å². The number of aromatic nitrogens is 2. The van der Waals surface area contributed by atoms with Crippen molar-refractivity contribution in [2.45, 2.75) is 38.6 Å². The highest BCUT2D eigenvalue weighted by molar-refractivity contribution is 5.92. The topological polar surface area (TPSA) is 73.2 Å². The molecule has 3 rings (SSSR count). The van der Waals surface area contributed by atoms with Gasteiger partial charge in [0.25, 0.3) is 5.91 Å². The lowest BCUT2D eigenvalue weighted by atomic mass is 9.88. The summed E-state index contributed by atoms with van der Waals surface area (Å²) in [5.74, 6) is -0.791. The van der Waals surface area contributed by atoms with Crippen LogP contribution in [0.3, 0.4) is 0 Å². The summed E-state index contributed by atoms with van der Waals surface area (Å²) < 4.78 is 6.75. The summed E-state index contributed by atoms with van der Waals surface area (Å²) in [6.07, 6.45) is 5.24. The molecule has 1 aliphatic carbocycles. The second-order valence-corrected chi connectivity index (χ2v) is 6.30. The molecule has 0 bridgehead atoms. The Hall–Kier alpha value is -2.63. The van der Waals surface area contributed by atoms with E-state index < -0.39 is 5.97 Å². The Morgan fingerprint density at radius 3 is 2.96 bits per heavy atom. The number of rotatable bonds is 5. The molecule has 1 amide bonds. The molecule has 25 heavy (non-hydrogen) atoms. The van der Waals surface area contributed by atoms with Crippen LogP contribution in [-0.2, 0) is 29.4 Å². The van der Waals surface area contributed by atoms with Gasteiger partial charge in [0.15, 0.2) is 6.61 Å². The van der Waals surface area contributed by atoms with E-state index >= 15 is 0 Å². The van der Waals surface area contributed by atoms with Gasteiger partial charge in [0.2, 0.25) is 0 Å². The fourth-order valence-electron chi connectivity index (χ4n) is 3.31. The molecule has 6 heteroatoms. The van der Waals surface area contributed by atoms with Crippen LogP contribution < -0.4 is 5.32 Å². The van der Waals surface area contributed by atoms with Crippen molar-refractivity contribution in [3.05, 3.63) is 52.8 Å². The molecule has 0 radical (unpaired) electrons. The van der Waals surface area contributed by atoms with E-state index in [1.165, 1.54) is 5.56 Å². The van der Waals surface area contributed by atoms with Crippen molar-refractivity contribution < 1.29 is 14.3 Å². The molecule has 2 aromatic rings. The van der Waals surface area contributed by atoms with Crippen LogP contribution in [0.2, 0.25) is 0 Å². The lowest BCUT2D eigenvalue weighted by Crippen LogP contribution is -2.34. The Morgan fingerprint density at radius 2 is 2.16 bits per heavy atom. The molecule has 6 nitrogen and oxygen atoms in total. The Morgan fingerprint density at radius 1 is 1.36 bits per heavy atom. The normalized spacial score (nSPS) is 16.2. The van der Waals surface area contributed by atoms with E-state index in [2.05, 4.69) is 22.5 Å². The second-order valence-electron chi connectivity index (χ2n) is 6.30. The predicted molar refractivity (Wildman–Crippen MR) is 93.1 cm³/mol. The number of amides is 1. The monoisotopic (exact) mass is 341 g/mol. The molecule has 1 heterocycles. The number of carbonyl (C=O) groups is 2. The summed E-state index contributed by atoms with van der Waals surface area (Å²) in [5, 5.41) is 7.19. The van der Waals surface area contributed by atoms with Crippen molar-refractivity contribution in [3.8, 4) is 0 Å². The molecule has 0 saturated heterocycles. The SMILES string of the molecule is CCc1nn(C)cc1C(=O)OCC(=O)N[C@H]1CCCc2ccccc21. The number of esters is 1. The Labute approximate surface area is 147 Å². The molecule has 0 aliphatic heterocycles. The third kappa shape index (κ3) is 3.90. The summed E-state index contributed by atoms with van der Waals surface area (Å²) in [5.41, 5.74) is 3.53. The van der Waals surface area contributed by atoms with Crippen LogP contribution >= 0.6 is 0 Å². The quantitative estimate of drug-likeness (QED) is 0.847. The van der Waals surface area contributed by atoms with Gasteiger partial charge in [-0.1, -0.05) is 31.2 Å². The number of hydrogen-bond acceptors (Lipinski definition) is 4. The van der Waals surface area contributed by atoms with Gasteiger partial charge in [-0.15, -0.1) is 0 Å². The molecular weight excluding hydrogens is 318 g/mol. The summed E-state index contributed by atoms with van der Waals surface area (Å²) in [7, 11) is 1.75. The van der Waals surface area contributed by atoms with Crippen LogP contribution in [0.25, 0.3) is 0 Å². The van der Waals surface area contributed by atoms with Crippen LogP contribution in [0.5, 0.6) is 0 Å². The molecule has 1 N–H and O–H groups in total. The first-order valence-electron chi connectivity index (χ1n) is 8.65. The number of aryl methyl sites for hydroxylation is 3. The van der Waals surface area contributed by atoms with Crippen LogP contribution in [0, 0.1) is 0 Å². The molecule has 1 atom stereocenters. The number of ether oxygens (including phenoxy) is 1. The first kappa shape index (κ1) is 17.2. The number of benzene rings is 1. The second kappa shape index (κ2) is 7.51. The average Bonchev–Trinajstić information content (AvgIpc) is 3.01. The molecule has 0 spiro atoms. The van der Waals surface area contributed by atoms with Crippen LogP contribution in [0.1, 0.15) is 53.0 Å². The minimum absolute atomic E-state index is 0.0132. The van der Waals surface area contributed by atoms with Gasteiger partial charge < -0.3 is 10.1 Å². The lowest BCUT2D eigenvalue weighted by Gasteiger charge is -2.26. The molecule has 1 aliphatic rings. The zero-order chi connectivity index (χ0) is 17.8. The maximum Gasteiger partial charge on any atom is 0.342 e. The third-order valence-corrected chi connectivity index (χ3v) is 4.50. The number of fused-ring (bicyclic) bond motifs is 1. The van der Waals surface area contributed by atoms with Crippen molar-refractivity contribution in [1.82, 2.24) is 15.1 Å². The number of nitrogens with zero attached hydrogens (tertiary/aromatic N) is 2. The van der Waals surface area contributed by atoms with Gasteiger partial charge in [0.05, 0.1) is 11.7 Å². The van der Waals surface area contributed by atoms with Gasteiger partial charge >= 0.3 is 5.97 Å². The van der Waals surface area contributed by atoms with Gasteiger partial charge in [-0.05, 0) is 36.8 Å². The highest BCUT2D eigenvalue weighted by Gasteiger charge is 2.22. The maximum absolute atomic E-state index is 12.2. The summed E-state index contributed by atoms with van der Waals surface area (Å²) in [6.45, 7) is 1.64. The van der Waals surface area contributed by atoms with E-state index in [1.807, 2.05) is 19.1 Å². The number of carbonyl (C=O) groups excluding carboxylic acids is 2. The van der Waals surface area contributed by atoms with Gasteiger partial charge in [0.1, 0.15) is 5.56 Å². The molecule has 0 saturated carbocycles. The van der Waals surface area contributed by atoms with Gasteiger partial charge in [0, 0.05) is 13.2 Å². The highest BCUT2D eigenvalue weighted by atomic mass is 16.5. The Balaban J connectivity index is 1.58. The van der Waals surface area contributed by atoms with Crippen LogP contribution in [-0.4, -0.2) is 28.3 Å². The van der Waals surface area contributed by atoms with Gasteiger partial charge in [-0.25, -0.2) is 4.79 Å². The Bertz CT molecular complexity index is 782. The number of nitrogens with one attached hydrogen (secondary N) is 1. The number of hydrogen-bond donors (Lipinski definition) is 1. The van der Waals surface area contributed by atoms with Crippen molar-refractivity contribution in [2.24, 2.45) is 7.05 Å². The first-order valence-corrected chi connectivity index (χ1v) is 8.65. The zero-order valence-corrected chi connectivity index (χ0v) is 14.6. The largest absolute Gasteiger partial charge is 0.452 e. The van der Waals surface area contributed by atoms with Crippen LogP contribution in [0.4, 0.5) is 0 Å². The van der Waals surface area contributed by atoms with E-state index in [9.17, 15) is 9.59 Å². The molecule has 0 unspecified atom stereocenters. The van der Waals surface area contributed by atoms with Crippen LogP contribution in [0.15, 0.2) is 30.5 Å². The maximum atomic E-state index is 12.2. The van der Waals surface area contributed by atoms with Crippen molar-refractivity contribution in [1.29, 1.82) is 0 Å². The first-order chi connectivity index (χ1) is 12.1. The van der Waals surface area contributed by atoms with E-state index in [-0.39, 0.29) is 18.6 Å². The van der Waals surface area contributed by atoms with E-state index in [0.717, 1.165) is 24.8 Å². The van der Waals surface area contributed by atoms with Gasteiger partial charge in [-0.3, -0.25) is 9.48 Å². The molecule has 132 valence electrons. The average molecular weight is 341 g/mol. The highest BCUT2D eigenvalue weighted by Crippen LogP contribution is 2.29. The lowest BCUT2D eigenvalue weighted by molar-refractivity contribution is -0.125. The van der Waals surface area contributed by atoms with E-state index in [0.29, 0.717) is 17.7 Å².